The highest BCUT2D eigenvalue weighted by atomic mass is 16.5. The van der Waals surface area contributed by atoms with E-state index in [1.54, 1.807) is 12.1 Å². The summed E-state index contributed by atoms with van der Waals surface area (Å²) in [5, 5.41) is 14.0. The quantitative estimate of drug-likeness (QED) is 0.629. The van der Waals surface area contributed by atoms with Gasteiger partial charge in [0.2, 0.25) is 5.91 Å². The molecule has 2 aromatic rings. The number of hydrogen-bond acceptors (Lipinski definition) is 3. The first-order valence-corrected chi connectivity index (χ1v) is 7.55. The molecule has 0 aliphatic rings. The molecule has 0 radical (unpaired) electrons. The summed E-state index contributed by atoms with van der Waals surface area (Å²) in [6.45, 7) is 4.80. The number of pyridine rings is 1. The van der Waals surface area contributed by atoms with Gasteiger partial charge in [0.15, 0.2) is 12.4 Å². The maximum atomic E-state index is 12.3. The lowest BCUT2D eigenvalue weighted by atomic mass is 9.93. The van der Waals surface area contributed by atoms with E-state index in [1.165, 1.54) is 12.4 Å². The summed E-state index contributed by atoms with van der Waals surface area (Å²) in [5.74, 6) is -0.105. The van der Waals surface area contributed by atoms with E-state index in [2.05, 4.69) is 5.32 Å². The van der Waals surface area contributed by atoms with Gasteiger partial charge in [0.05, 0.1) is 18.6 Å². The number of rotatable bonds is 7. The van der Waals surface area contributed by atoms with Crippen LogP contribution in [0.3, 0.4) is 0 Å². The molecular weight excluding hydrogens is 292 g/mol. The number of ether oxygens (including phenoxy) is 1. The summed E-state index contributed by atoms with van der Waals surface area (Å²) in [6.07, 6.45) is 2.85. The Bertz CT molecular complexity index is 642. The molecule has 122 valence electrons. The Balaban J connectivity index is 1.80. The van der Waals surface area contributed by atoms with Crippen LogP contribution in [-0.4, -0.2) is 12.5 Å². The monoisotopic (exact) mass is 314 g/mol. The van der Waals surface area contributed by atoms with Crippen molar-refractivity contribution in [3.05, 3.63) is 71.2 Å². The van der Waals surface area contributed by atoms with Crippen LogP contribution in [0, 0.1) is 10.6 Å². The van der Waals surface area contributed by atoms with Crippen LogP contribution in [0.2, 0.25) is 0 Å². The van der Waals surface area contributed by atoms with Crippen LogP contribution < -0.4 is 10.0 Å². The van der Waals surface area contributed by atoms with Crippen molar-refractivity contribution < 1.29 is 14.3 Å². The summed E-state index contributed by atoms with van der Waals surface area (Å²) in [7, 11) is 0. The fourth-order valence-electron chi connectivity index (χ4n) is 2.09. The fourth-order valence-corrected chi connectivity index (χ4v) is 2.09. The highest BCUT2D eigenvalue weighted by Crippen LogP contribution is 2.17. The molecule has 0 unspecified atom stereocenters. The van der Waals surface area contributed by atoms with Gasteiger partial charge in [-0.2, -0.15) is 4.73 Å². The van der Waals surface area contributed by atoms with Crippen LogP contribution in [-0.2, 0) is 22.7 Å². The maximum Gasteiger partial charge on any atom is 0.228 e. The largest absolute Gasteiger partial charge is 0.619 e. The van der Waals surface area contributed by atoms with Gasteiger partial charge < -0.3 is 15.3 Å². The molecule has 1 aromatic carbocycles. The van der Waals surface area contributed by atoms with Crippen molar-refractivity contribution >= 4 is 5.91 Å². The van der Waals surface area contributed by atoms with E-state index in [0.29, 0.717) is 19.8 Å². The molecule has 0 saturated heterocycles. The van der Waals surface area contributed by atoms with Gasteiger partial charge in [-0.25, -0.2) is 0 Å². The zero-order valence-corrected chi connectivity index (χ0v) is 13.5. The molecule has 1 heterocycles. The van der Waals surface area contributed by atoms with Crippen molar-refractivity contribution in [1.29, 1.82) is 0 Å². The topological polar surface area (TPSA) is 65.3 Å². The smallest absolute Gasteiger partial charge is 0.228 e. The minimum Gasteiger partial charge on any atom is -0.619 e. The second-order valence-corrected chi connectivity index (χ2v) is 6.12. The average molecular weight is 314 g/mol. The number of amides is 1. The highest BCUT2D eigenvalue weighted by Gasteiger charge is 2.27. The van der Waals surface area contributed by atoms with Crippen LogP contribution >= 0.6 is 0 Å². The van der Waals surface area contributed by atoms with E-state index in [-0.39, 0.29) is 5.91 Å². The first kappa shape index (κ1) is 17.0. The second-order valence-electron chi connectivity index (χ2n) is 6.12. The molecule has 0 bridgehead atoms. The predicted octanol–water partition coefficient (Wildman–Crippen LogP) is 2.18. The summed E-state index contributed by atoms with van der Waals surface area (Å²) >= 11 is 0. The number of carbonyl (C=O) groups excluding carboxylic acids is 1. The molecule has 0 aliphatic heterocycles. The van der Waals surface area contributed by atoms with E-state index in [9.17, 15) is 10.0 Å². The molecule has 23 heavy (non-hydrogen) atoms. The lowest BCUT2D eigenvalue weighted by Crippen LogP contribution is -2.40. The van der Waals surface area contributed by atoms with Gasteiger partial charge in [0.1, 0.15) is 0 Å². The lowest BCUT2D eigenvalue weighted by Gasteiger charge is -2.23. The minimum absolute atomic E-state index is 0.105. The summed E-state index contributed by atoms with van der Waals surface area (Å²) in [6, 6.07) is 13.3. The lowest BCUT2D eigenvalue weighted by molar-refractivity contribution is -0.605. The normalized spacial score (nSPS) is 11.2. The average Bonchev–Trinajstić information content (AvgIpc) is 2.53. The molecule has 1 amide bonds. The molecule has 5 nitrogen and oxygen atoms in total. The molecule has 1 aromatic heterocycles. The van der Waals surface area contributed by atoms with Gasteiger partial charge in [0, 0.05) is 18.2 Å². The first-order chi connectivity index (χ1) is 11.0. The number of nitrogens with one attached hydrogen (secondary N) is 1. The second kappa shape index (κ2) is 7.74. The summed E-state index contributed by atoms with van der Waals surface area (Å²) in [5.41, 5.74) is 1.20. The Hall–Kier alpha value is -2.40. The van der Waals surface area contributed by atoms with Crippen molar-refractivity contribution in [2.45, 2.75) is 27.0 Å². The SMILES string of the molecule is CC(C)(COCc1ccccc1)C(=O)NCc1ccc[n+]([O-])c1. The number of nitrogens with zero attached hydrogens (tertiary/aromatic N) is 1. The van der Waals surface area contributed by atoms with Crippen LogP contribution in [0.4, 0.5) is 0 Å². The number of hydrogen-bond donors (Lipinski definition) is 1. The Morgan fingerprint density at radius 2 is 1.87 bits per heavy atom. The van der Waals surface area contributed by atoms with Gasteiger partial charge in [-0.05, 0) is 25.5 Å². The van der Waals surface area contributed by atoms with Crippen LogP contribution in [0.25, 0.3) is 0 Å². The van der Waals surface area contributed by atoms with Crippen molar-refractivity contribution in [3.8, 4) is 0 Å². The molecule has 0 spiro atoms. The summed E-state index contributed by atoms with van der Waals surface area (Å²) < 4.78 is 6.38. The molecule has 0 fully saturated rings. The van der Waals surface area contributed by atoms with Crippen molar-refractivity contribution in [3.63, 3.8) is 0 Å². The molecule has 0 atom stereocenters. The van der Waals surface area contributed by atoms with Gasteiger partial charge in [-0.3, -0.25) is 4.79 Å². The Labute approximate surface area is 136 Å². The van der Waals surface area contributed by atoms with Crippen LogP contribution in [0.5, 0.6) is 0 Å². The van der Waals surface area contributed by atoms with E-state index in [4.69, 9.17) is 4.74 Å². The van der Waals surface area contributed by atoms with Crippen LogP contribution in [0.1, 0.15) is 25.0 Å². The Morgan fingerprint density at radius 3 is 2.57 bits per heavy atom. The zero-order valence-electron chi connectivity index (χ0n) is 13.5. The fraction of sp³-hybridized carbons (Fsp3) is 0.333. The van der Waals surface area contributed by atoms with Gasteiger partial charge in [0.25, 0.3) is 0 Å². The van der Waals surface area contributed by atoms with Gasteiger partial charge in [-0.1, -0.05) is 30.3 Å². The van der Waals surface area contributed by atoms with Crippen molar-refractivity contribution in [2.75, 3.05) is 6.61 Å². The molecule has 2 rings (SSSR count). The van der Waals surface area contributed by atoms with E-state index in [1.807, 2.05) is 44.2 Å². The number of aromatic nitrogens is 1. The molecular formula is C18H22N2O3. The van der Waals surface area contributed by atoms with Crippen molar-refractivity contribution in [2.24, 2.45) is 5.41 Å². The van der Waals surface area contributed by atoms with Crippen LogP contribution in [0.15, 0.2) is 54.9 Å². The third kappa shape index (κ3) is 5.38. The maximum absolute atomic E-state index is 12.3. The van der Waals surface area contributed by atoms with Crippen molar-refractivity contribution in [1.82, 2.24) is 5.32 Å². The third-order valence-electron chi connectivity index (χ3n) is 3.48. The zero-order chi connectivity index (χ0) is 16.7. The molecule has 5 heteroatoms. The molecule has 0 aliphatic carbocycles. The first-order valence-electron chi connectivity index (χ1n) is 7.55. The van der Waals surface area contributed by atoms with Gasteiger partial charge in [-0.15, -0.1) is 0 Å². The number of benzene rings is 1. The molecule has 0 saturated carbocycles. The van der Waals surface area contributed by atoms with E-state index in [0.717, 1.165) is 15.9 Å². The van der Waals surface area contributed by atoms with E-state index >= 15 is 0 Å². The summed E-state index contributed by atoms with van der Waals surface area (Å²) in [4.78, 5) is 12.3. The number of carbonyl (C=O) groups is 1. The Morgan fingerprint density at radius 1 is 1.17 bits per heavy atom. The highest BCUT2D eigenvalue weighted by molar-refractivity contribution is 5.81. The van der Waals surface area contributed by atoms with Gasteiger partial charge >= 0.3 is 0 Å². The van der Waals surface area contributed by atoms with E-state index < -0.39 is 5.41 Å². The standard InChI is InChI=1S/C18H22N2O3/c1-18(2,14-23-13-15-7-4-3-5-8-15)17(21)19-11-16-9-6-10-20(22)12-16/h3-10,12H,11,13-14H2,1-2H3,(H,19,21). The third-order valence-corrected chi connectivity index (χ3v) is 3.48. The minimum atomic E-state index is -0.642. The predicted molar refractivity (Wildman–Crippen MR) is 87.1 cm³/mol. The Kier molecular flexibility index (Phi) is 5.71. The molecule has 1 N–H and O–H groups in total.